The first-order valence-corrected chi connectivity index (χ1v) is 13.9. The van der Waals surface area contributed by atoms with Gasteiger partial charge in [-0.1, -0.05) is 32.1 Å². The van der Waals surface area contributed by atoms with Gasteiger partial charge in [0.2, 0.25) is 5.95 Å². The molecule has 2 atom stereocenters. The summed E-state index contributed by atoms with van der Waals surface area (Å²) in [7, 11) is 0. The Morgan fingerprint density at radius 1 is 1.10 bits per heavy atom. The maximum Gasteiger partial charge on any atom is 0.213 e. The number of rotatable bonds is 7. The second kappa shape index (κ2) is 9.52. The van der Waals surface area contributed by atoms with Crippen LogP contribution in [0.2, 0.25) is 0 Å². The van der Waals surface area contributed by atoms with Crippen LogP contribution in [0.25, 0.3) is 10.9 Å². The largest absolute Gasteiger partial charge is 0.380 e. The molecule has 7 rings (SSSR count). The van der Waals surface area contributed by atoms with Crippen LogP contribution in [-0.2, 0) is 5.54 Å². The number of nitrogens with zero attached hydrogens (tertiary/aromatic N) is 7. The van der Waals surface area contributed by atoms with E-state index in [0.717, 1.165) is 30.7 Å². The van der Waals surface area contributed by atoms with Crippen molar-refractivity contribution in [3.05, 3.63) is 70.7 Å². The van der Waals surface area contributed by atoms with E-state index in [1.165, 1.54) is 12.3 Å². The van der Waals surface area contributed by atoms with Crippen molar-refractivity contribution in [2.75, 3.05) is 10.6 Å². The Hall–Kier alpha value is -4.57. The third-order valence-corrected chi connectivity index (χ3v) is 8.89. The first-order chi connectivity index (χ1) is 19.5. The van der Waals surface area contributed by atoms with Crippen molar-refractivity contribution in [3.8, 4) is 12.1 Å². The first kappa shape index (κ1) is 26.6. The van der Waals surface area contributed by atoms with Gasteiger partial charge in [0.25, 0.3) is 0 Å². The summed E-state index contributed by atoms with van der Waals surface area (Å²) in [6, 6.07) is 10.7. The summed E-state index contributed by atoms with van der Waals surface area (Å²) in [5.74, 6) is 0.233. The normalized spacial score (nSPS) is 20.7. The van der Waals surface area contributed by atoms with Crippen molar-refractivity contribution in [3.63, 3.8) is 0 Å². The molecular weight excluding hydrogens is 517 g/mol. The van der Waals surface area contributed by atoms with E-state index in [0.29, 0.717) is 44.8 Å². The van der Waals surface area contributed by atoms with Crippen molar-refractivity contribution < 1.29 is 4.39 Å². The van der Waals surface area contributed by atoms with Crippen LogP contribution in [0.5, 0.6) is 0 Å². The molecule has 41 heavy (non-hydrogen) atoms. The van der Waals surface area contributed by atoms with E-state index in [1.807, 2.05) is 16.9 Å². The minimum atomic E-state index is -0.557. The number of aromatic nitrogens is 5. The van der Waals surface area contributed by atoms with E-state index >= 15 is 0 Å². The number of hydrogen-bond acceptors (Lipinski definition) is 8. The Morgan fingerprint density at radius 3 is 2.44 bits per heavy atom. The van der Waals surface area contributed by atoms with Crippen LogP contribution >= 0.6 is 0 Å². The van der Waals surface area contributed by atoms with Crippen LogP contribution in [-0.4, -0.2) is 31.0 Å². The maximum absolute atomic E-state index is 14.0. The third kappa shape index (κ3) is 4.54. The van der Waals surface area contributed by atoms with Gasteiger partial charge in [0.1, 0.15) is 17.8 Å². The summed E-state index contributed by atoms with van der Waals surface area (Å²) in [5, 5.41) is 36.7. The van der Waals surface area contributed by atoms with Gasteiger partial charge in [0.15, 0.2) is 0 Å². The van der Waals surface area contributed by atoms with Crippen LogP contribution in [0.15, 0.2) is 36.7 Å². The minimum Gasteiger partial charge on any atom is -0.380 e. The fourth-order valence-corrected chi connectivity index (χ4v) is 5.82. The van der Waals surface area contributed by atoms with Gasteiger partial charge < -0.3 is 10.6 Å². The quantitative estimate of drug-likeness (QED) is 0.270. The molecule has 1 unspecified atom stereocenters. The number of hydrogen-bond donors (Lipinski definition) is 2. The van der Waals surface area contributed by atoms with Crippen molar-refractivity contribution in [1.29, 1.82) is 10.5 Å². The summed E-state index contributed by atoms with van der Waals surface area (Å²) in [6.45, 7) is 10.2. The van der Waals surface area contributed by atoms with Crippen molar-refractivity contribution in [1.82, 2.24) is 25.0 Å². The summed E-state index contributed by atoms with van der Waals surface area (Å²) >= 11 is 0. The molecule has 0 amide bonds. The summed E-state index contributed by atoms with van der Waals surface area (Å²) in [5.41, 5.74) is 4.46. The van der Waals surface area contributed by atoms with Crippen LogP contribution in [0, 0.1) is 46.9 Å². The molecule has 208 valence electrons. The molecule has 0 saturated heterocycles. The van der Waals surface area contributed by atoms with E-state index in [4.69, 9.17) is 0 Å². The minimum absolute atomic E-state index is 0.0232. The molecule has 3 aliphatic carbocycles. The molecular formula is C31H32FN9. The van der Waals surface area contributed by atoms with E-state index in [2.05, 4.69) is 70.7 Å². The van der Waals surface area contributed by atoms with Gasteiger partial charge in [0.05, 0.1) is 40.1 Å². The molecule has 2 bridgehead atoms. The molecule has 4 aromatic rings. The first-order valence-electron chi connectivity index (χ1n) is 13.9. The highest BCUT2D eigenvalue weighted by molar-refractivity contribution is 5.99. The van der Waals surface area contributed by atoms with E-state index in [-0.39, 0.29) is 17.0 Å². The Morgan fingerprint density at radius 2 is 1.83 bits per heavy atom. The van der Waals surface area contributed by atoms with Crippen LogP contribution in [0.4, 0.5) is 15.8 Å². The lowest BCUT2D eigenvalue weighted by molar-refractivity contribution is -0.0989. The Labute approximate surface area is 238 Å². The number of nitrogens with one attached hydrogen (secondary N) is 2. The predicted molar refractivity (Wildman–Crippen MR) is 153 cm³/mol. The number of anilines is 2. The second-order valence-corrected chi connectivity index (χ2v) is 12.6. The Balaban J connectivity index is 1.46. The zero-order chi connectivity index (χ0) is 29.1. The number of fused-ring (bicyclic) bond motifs is 1. The zero-order valence-electron chi connectivity index (χ0n) is 23.8. The van der Waals surface area contributed by atoms with Crippen molar-refractivity contribution in [2.24, 2.45) is 11.3 Å². The second-order valence-electron chi connectivity index (χ2n) is 12.6. The molecule has 0 radical (unpaired) electrons. The highest BCUT2D eigenvalue weighted by Gasteiger charge is 2.59. The lowest BCUT2D eigenvalue weighted by atomic mass is 9.50. The lowest BCUT2D eigenvalue weighted by Gasteiger charge is -2.61. The molecule has 3 saturated carbocycles. The zero-order valence-corrected chi connectivity index (χ0v) is 23.8. The average molecular weight is 550 g/mol. The molecule has 3 aliphatic rings. The molecule has 3 heterocycles. The third-order valence-electron chi connectivity index (χ3n) is 8.89. The molecule has 10 heteroatoms. The average Bonchev–Trinajstić information content (AvgIpc) is 3.34. The van der Waals surface area contributed by atoms with Crippen LogP contribution in [0.3, 0.4) is 0 Å². The Kier molecular flexibility index (Phi) is 6.18. The van der Waals surface area contributed by atoms with E-state index in [1.54, 1.807) is 19.1 Å². The van der Waals surface area contributed by atoms with E-state index in [9.17, 15) is 14.9 Å². The highest BCUT2D eigenvalue weighted by Crippen LogP contribution is 2.62. The Bertz CT molecular complexity index is 1740. The number of pyridine rings is 2. The predicted octanol–water partition coefficient (Wildman–Crippen LogP) is 5.97. The van der Waals surface area contributed by atoms with Crippen LogP contribution in [0.1, 0.15) is 81.1 Å². The fraction of sp³-hybridized carbons (Fsp3) is 0.419. The summed E-state index contributed by atoms with van der Waals surface area (Å²) < 4.78 is 16.0. The number of halogens is 1. The summed E-state index contributed by atoms with van der Waals surface area (Å²) in [6.07, 6.45) is 6.84. The number of aryl methyl sites for hydroxylation is 1. The number of nitriles is 2. The van der Waals surface area contributed by atoms with Crippen molar-refractivity contribution in [2.45, 2.75) is 71.5 Å². The van der Waals surface area contributed by atoms with Gasteiger partial charge in [-0.05, 0) is 62.6 Å². The maximum atomic E-state index is 14.0. The molecule has 9 nitrogen and oxygen atoms in total. The monoisotopic (exact) mass is 549 g/mol. The van der Waals surface area contributed by atoms with Crippen molar-refractivity contribution >= 4 is 22.3 Å². The van der Waals surface area contributed by atoms with Gasteiger partial charge in [-0.15, -0.1) is 5.10 Å². The highest BCUT2D eigenvalue weighted by atomic mass is 19.1. The fourth-order valence-electron chi connectivity index (χ4n) is 5.82. The molecule has 3 aromatic heterocycles. The topological polar surface area (TPSA) is 128 Å². The van der Waals surface area contributed by atoms with Gasteiger partial charge >= 0.3 is 0 Å². The van der Waals surface area contributed by atoms with Gasteiger partial charge in [0, 0.05) is 34.6 Å². The van der Waals surface area contributed by atoms with Gasteiger partial charge in [-0.25, -0.2) is 9.67 Å². The molecule has 0 spiro atoms. The van der Waals surface area contributed by atoms with Gasteiger partial charge in [-0.3, -0.25) is 4.98 Å². The van der Waals surface area contributed by atoms with Crippen LogP contribution < -0.4 is 10.6 Å². The smallest absolute Gasteiger partial charge is 0.213 e. The number of benzene rings is 1. The van der Waals surface area contributed by atoms with Gasteiger partial charge in [-0.2, -0.15) is 14.9 Å². The SMILES string of the molecule is Cc1nc(F)ccc1C(Nc1cc(C#N)c2ncc(C#N)c(N[C@H](C)C(C)(C)C)c2c1)c1cn(C23CC(C2)C3)nn1. The summed E-state index contributed by atoms with van der Waals surface area (Å²) in [4.78, 5) is 8.53. The molecule has 1 aromatic carbocycles. The molecule has 3 fully saturated rings. The standard InChI is InChI=1S/C31H32FN9/c1-17-23(6-7-26(32)36-17)29(25-16-41(40-39-25)31-10-19(11-31)12-31)38-22-8-20(13-33)27-24(9-22)28(21(14-34)15-35-27)37-18(2)30(3,4)5/h6-9,15-16,18-19,29,38H,10-12H2,1-5H3,(H,35,37)/t18-,19?,29?,31?/m1/s1. The molecule has 2 N–H and O–H groups in total. The molecule has 0 aliphatic heterocycles. The lowest BCUT2D eigenvalue weighted by Crippen LogP contribution is -2.59. The van der Waals surface area contributed by atoms with E-state index < -0.39 is 12.0 Å².